The molecule has 2 atom stereocenters. The Labute approximate surface area is 130 Å². The molecule has 1 saturated carbocycles. The molecule has 0 spiro atoms. The Hall–Kier alpha value is -1.72. The molecular formula is C17H21N5. The van der Waals surface area contributed by atoms with Crippen molar-refractivity contribution in [1.82, 2.24) is 25.2 Å². The van der Waals surface area contributed by atoms with Crippen LogP contribution in [0.25, 0.3) is 11.3 Å². The van der Waals surface area contributed by atoms with Gasteiger partial charge in [0.1, 0.15) is 5.69 Å². The molecule has 0 radical (unpaired) electrons. The van der Waals surface area contributed by atoms with Crippen molar-refractivity contribution in [2.75, 3.05) is 19.6 Å². The smallest absolute Gasteiger partial charge is 0.117 e. The van der Waals surface area contributed by atoms with Crippen LogP contribution < -0.4 is 5.32 Å². The lowest BCUT2D eigenvalue weighted by molar-refractivity contribution is 0.303. The monoisotopic (exact) mass is 295 g/mol. The Bertz CT molecular complexity index is 676. The van der Waals surface area contributed by atoms with E-state index in [4.69, 9.17) is 0 Å². The van der Waals surface area contributed by atoms with Gasteiger partial charge in [-0.3, -0.25) is 4.90 Å². The van der Waals surface area contributed by atoms with Crippen LogP contribution in [-0.4, -0.2) is 45.6 Å². The van der Waals surface area contributed by atoms with Crippen LogP contribution >= 0.6 is 0 Å². The SMILES string of the molecule is c1ccc(-c2nnn3c2CNC2CN(CC4CC4)CC23)cc1. The molecule has 1 saturated heterocycles. The number of hydrogen-bond acceptors (Lipinski definition) is 4. The minimum absolute atomic E-state index is 0.437. The van der Waals surface area contributed by atoms with Crippen LogP contribution in [0.5, 0.6) is 0 Å². The highest BCUT2D eigenvalue weighted by molar-refractivity contribution is 5.61. The Kier molecular flexibility index (Phi) is 2.85. The van der Waals surface area contributed by atoms with Gasteiger partial charge < -0.3 is 5.32 Å². The van der Waals surface area contributed by atoms with Crippen molar-refractivity contribution in [3.63, 3.8) is 0 Å². The summed E-state index contributed by atoms with van der Waals surface area (Å²) in [5.74, 6) is 0.954. The van der Waals surface area contributed by atoms with Gasteiger partial charge in [0.2, 0.25) is 0 Å². The van der Waals surface area contributed by atoms with E-state index in [1.165, 1.54) is 25.1 Å². The molecule has 0 amide bonds. The van der Waals surface area contributed by atoms with E-state index in [9.17, 15) is 0 Å². The van der Waals surface area contributed by atoms with Crippen LogP contribution in [-0.2, 0) is 6.54 Å². The molecule has 3 aliphatic rings. The quantitative estimate of drug-likeness (QED) is 0.936. The lowest BCUT2D eigenvalue weighted by Gasteiger charge is -2.27. The fraction of sp³-hybridized carbons (Fsp3) is 0.529. The zero-order chi connectivity index (χ0) is 14.5. The molecule has 22 heavy (non-hydrogen) atoms. The minimum atomic E-state index is 0.437. The Balaban J connectivity index is 1.44. The number of nitrogens with zero attached hydrogens (tertiary/aromatic N) is 4. The van der Waals surface area contributed by atoms with Gasteiger partial charge in [-0.15, -0.1) is 5.10 Å². The first-order valence-corrected chi connectivity index (χ1v) is 8.34. The number of hydrogen-bond donors (Lipinski definition) is 1. The van der Waals surface area contributed by atoms with Gasteiger partial charge in [-0.2, -0.15) is 0 Å². The lowest BCUT2D eigenvalue weighted by atomic mass is 10.1. The second kappa shape index (κ2) is 4.89. The third kappa shape index (κ3) is 2.08. The standard InChI is InChI=1S/C17H21N5/c1-2-4-13(5-3-1)17-15-8-18-14-10-21(9-12-6-7-12)11-16(14)22(15)20-19-17/h1-5,12,14,16,18H,6-11H2. The number of likely N-dealkylation sites (tertiary alicyclic amines) is 1. The Morgan fingerprint density at radius 1 is 1.14 bits per heavy atom. The van der Waals surface area contributed by atoms with Crippen LogP contribution in [0, 0.1) is 5.92 Å². The molecule has 5 rings (SSSR count). The van der Waals surface area contributed by atoms with Crippen molar-refractivity contribution < 1.29 is 0 Å². The highest BCUT2D eigenvalue weighted by Crippen LogP contribution is 2.35. The molecule has 114 valence electrons. The molecule has 3 heterocycles. The molecular weight excluding hydrogens is 274 g/mol. The molecule has 1 N–H and O–H groups in total. The molecule has 1 aromatic heterocycles. The van der Waals surface area contributed by atoms with Crippen LogP contribution in [0.1, 0.15) is 24.6 Å². The molecule has 5 nitrogen and oxygen atoms in total. The van der Waals surface area contributed by atoms with Crippen LogP contribution in [0.4, 0.5) is 0 Å². The van der Waals surface area contributed by atoms with Gasteiger partial charge in [0.15, 0.2) is 0 Å². The maximum atomic E-state index is 4.51. The third-order valence-corrected chi connectivity index (χ3v) is 5.26. The molecule has 5 heteroatoms. The fourth-order valence-corrected chi connectivity index (χ4v) is 3.92. The number of aromatic nitrogens is 3. The first-order chi connectivity index (χ1) is 10.9. The summed E-state index contributed by atoms with van der Waals surface area (Å²) in [6.07, 6.45) is 2.85. The molecule has 2 aliphatic heterocycles. The molecule has 2 unspecified atom stereocenters. The summed E-state index contributed by atoms with van der Waals surface area (Å²) in [5.41, 5.74) is 3.43. The largest absolute Gasteiger partial charge is 0.305 e. The van der Waals surface area contributed by atoms with Crippen LogP contribution in [0.2, 0.25) is 0 Å². The predicted molar refractivity (Wildman–Crippen MR) is 84.3 cm³/mol. The third-order valence-electron chi connectivity index (χ3n) is 5.26. The van der Waals surface area contributed by atoms with Crippen molar-refractivity contribution in [3.8, 4) is 11.3 Å². The maximum absolute atomic E-state index is 4.51. The minimum Gasteiger partial charge on any atom is -0.305 e. The molecule has 2 fully saturated rings. The zero-order valence-electron chi connectivity index (χ0n) is 12.7. The highest BCUT2D eigenvalue weighted by atomic mass is 15.5. The van der Waals surface area contributed by atoms with Crippen molar-refractivity contribution in [2.24, 2.45) is 5.92 Å². The van der Waals surface area contributed by atoms with E-state index in [1.54, 1.807) is 0 Å². The van der Waals surface area contributed by atoms with Crippen molar-refractivity contribution in [1.29, 1.82) is 0 Å². The van der Waals surface area contributed by atoms with Crippen molar-refractivity contribution >= 4 is 0 Å². The van der Waals surface area contributed by atoms with E-state index in [0.717, 1.165) is 36.8 Å². The summed E-state index contributed by atoms with van der Waals surface area (Å²) in [6.45, 7) is 4.40. The lowest BCUT2D eigenvalue weighted by Crippen LogP contribution is -2.42. The van der Waals surface area contributed by atoms with Crippen molar-refractivity contribution in [3.05, 3.63) is 36.0 Å². The Morgan fingerprint density at radius 3 is 2.82 bits per heavy atom. The molecule has 1 aromatic carbocycles. The fourth-order valence-electron chi connectivity index (χ4n) is 3.92. The van der Waals surface area contributed by atoms with E-state index < -0.39 is 0 Å². The summed E-state index contributed by atoms with van der Waals surface area (Å²) in [4.78, 5) is 2.61. The number of nitrogens with one attached hydrogen (secondary N) is 1. The van der Waals surface area contributed by atoms with Crippen LogP contribution in [0.3, 0.4) is 0 Å². The zero-order valence-corrected chi connectivity index (χ0v) is 12.7. The first-order valence-electron chi connectivity index (χ1n) is 8.34. The van der Waals surface area contributed by atoms with Gasteiger partial charge >= 0.3 is 0 Å². The van der Waals surface area contributed by atoms with Gasteiger partial charge in [0.25, 0.3) is 0 Å². The summed E-state index contributed by atoms with van der Waals surface area (Å²) in [6, 6.07) is 11.4. The van der Waals surface area contributed by atoms with Gasteiger partial charge in [0, 0.05) is 37.8 Å². The molecule has 1 aliphatic carbocycles. The summed E-state index contributed by atoms with van der Waals surface area (Å²) < 4.78 is 2.19. The topological polar surface area (TPSA) is 46.0 Å². The van der Waals surface area contributed by atoms with E-state index in [0.29, 0.717) is 12.1 Å². The van der Waals surface area contributed by atoms with Crippen molar-refractivity contribution in [2.45, 2.75) is 31.5 Å². The van der Waals surface area contributed by atoms with E-state index in [1.807, 2.05) is 6.07 Å². The number of benzene rings is 1. The maximum Gasteiger partial charge on any atom is 0.117 e. The average Bonchev–Trinajstić information content (AvgIpc) is 3.10. The number of rotatable bonds is 3. The second-order valence-electron chi connectivity index (χ2n) is 6.91. The highest BCUT2D eigenvalue weighted by Gasteiger charge is 2.40. The van der Waals surface area contributed by atoms with Crippen LogP contribution in [0.15, 0.2) is 30.3 Å². The average molecular weight is 295 g/mol. The predicted octanol–water partition coefficient (Wildman–Crippen LogP) is 1.68. The summed E-state index contributed by atoms with van der Waals surface area (Å²) >= 11 is 0. The molecule has 2 aromatic rings. The van der Waals surface area contributed by atoms with Gasteiger partial charge in [-0.1, -0.05) is 35.5 Å². The Morgan fingerprint density at radius 2 is 2.00 bits per heavy atom. The summed E-state index contributed by atoms with van der Waals surface area (Å²) in [7, 11) is 0. The van der Waals surface area contributed by atoms with E-state index in [2.05, 4.69) is 49.5 Å². The van der Waals surface area contributed by atoms with E-state index in [-0.39, 0.29) is 0 Å². The second-order valence-corrected chi connectivity index (χ2v) is 6.91. The summed E-state index contributed by atoms with van der Waals surface area (Å²) in [5, 5.41) is 12.7. The normalized spacial score (nSPS) is 27.6. The van der Waals surface area contributed by atoms with E-state index >= 15 is 0 Å². The first kappa shape index (κ1) is 12.8. The number of fused-ring (bicyclic) bond motifs is 3. The van der Waals surface area contributed by atoms with Gasteiger partial charge in [0.05, 0.1) is 11.7 Å². The van der Waals surface area contributed by atoms with Gasteiger partial charge in [-0.25, -0.2) is 4.68 Å². The van der Waals surface area contributed by atoms with Gasteiger partial charge in [-0.05, 0) is 18.8 Å². The molecule has 0 bridgehead atoms.